The number of hydrogen-bond donors (Lipinski definition) is 1. The first-order valence-electron chi connectivity index (χ1n) is 8.41. The Labute approximate surface area is 164 Å². The summed E-state index contributed by atoms with van der Waals surface area (Å²) in [5.41, 5.74) is 8.04. The smallest absolute Gasteiger partial charge is 0.242 e. The molecule has 1 heterocycles. The highest BCUT2D eigenvalue weighted by Crippen LogP contribution is 2.23. The maximum atomic E-state index is 12.3. The molecule has 0 atom stereocenters. The largest absolute Gasteiger partial charge is 0.255 e. The molecule has 0 bridgehead atoms. The number of aryl methyl sites for hydroxylation is 2. The molecule has 1 N–H and O–H groups in total. The fourth-order valence-electron chi connectivity index (χ4n) is 2.60. The molecule has 2 aromatic rings. The van der Waals surface area contributed by atoms with Gasteiger partial charge in [-0.15, -0.1) is 0 Å². The average Bonchev–Trinajstić information content (AvgIpc) is 2.64. The van der Waals surface area contributed by atoms with Gasteiger partial charge < -0.3 is 0 Å². The van der Waals surface area contributed by atoms with Gasteiger partial charge in [-0.05, 0) is 43.7 Å². The first-order chi connectivity index (χ1) is 12.8. The van der Waals surface area contributed by atoms with E-state index in [0.29, 0.717) is 16.6 Å². The number of aliphatic imine (C=N–C) groups is 1. The molecule has 0 aromatic heterocycles. The third-order valence-corrected chi connectivity index (χ3v) is 6.85. The van der Waals surface area contributed by atoms with Crippen LogP contribution in [-0.4, -0.2) is 43.5 Å². The van der Waals surface area contributed by atoms with Crippen molar-refractivity contribution in [3.63, 3.8) is 0 Å². The van der Waals surface area contributed by atoms with Gasteiger partial charge in [-0.2, -0.15) is 5.10 Å². The van der Waals surface area contributed by atoms with E-state index in [1.807, 2.05) is 0 Å². The Balaban J connectivity index is 1.83. The molecule has 0 fully saturated rings. The van der Waals surface area contributed by atoms with E-state index in [9.17, 15) is 8.42 Å². The Morgan fingerprint density at radius 1 is 1.15 bits per heavy atom. The Bertz CT molecular complexity index is 1030. The molecule has 1 aliphatic rings. The van der Waals surface area contributed by atoms with Gasteiger partial charge in [0.05, 0.1) is 16.3 Å². The van der Waals surface area contributed by atoms with Gasteiger partial charge in [0.1, 0.15) is 0 Å². The van der Waals surface area contributed by atoms with Gasteiger partial charge >= 0.3 is 0 Å². The zero-order valence-electron chi connectivity index (χ0n) is 15.7. The molecule has 0 amide bonds. The molecule has 1 aliphatic heterocycles. The van der Waals surface area contributed by atoms with Crippen molar-refractivity contribution < 1.29 is 8.42 Å². The summed E-state index contributed by atoms with van der Waals surface area (Å²) in [6, 6.07) is 12.9. The standard InChI is InChI=1S/C19H22N4O2S2/c1-13-8-9-14(2)17(10-13)18-12-26-19(22-21-18)20-15-6-5-7-16(11-15)27(24,25)23(3)4/h5-11H,12H2,1-4H3,(H,20,22). The van der Waals surface area contributed by atoms with E-state index in [0.717, 1.165) is 11.3 Å². The number of benzene rings is 2. The predicted molar refractivity (Wildman–Crippen MR) is 112 cm³/mol. The molecule has 6 nitrogen and oxygen atoms in total. The third kappa shape index (κ3) is 4.40. The number of nitrogens with one attached hydrogen (secondary N) is 1. The van der Waals surface area contributed by atoms with Crippen LogP contribution in [0.4, 0.5) is 5.69 Å². The van der Waals surface area contributed by atoms with Gasteiger partial charge in [0.15, 0.2) is 5.17 Å². The van der Waals surface area contributed by atoms with Crippen molar-refractivity contribution in [1.82, 2.24) is 9.73 Å². The van der Waals surface area contributed by atoms with Crippen molar-refractivity contribution >= 4 is 38.4 Å². The predicted octanol–water partition coefficient (Wildman–Crippen LogP) is 3.28. The average molecular weight is 403 g/mol. The quantitative estimate of drug-likeness (QED) is 0.852. The van der Waals surface area contributed by atoms with E-state index in [1.54, 1.807) is 36.0 Å². The van der Waals surface area contributed by atoms with Crippen molar-refractivity contribution in [3.8, 4) is 0 Å². The van der Waals surface area contributed by atoms with E-state index in [4.69, 9.17) is 0 Å². The third-order valence-electron chi connectivity index (χ3n) is 4.16. The highest BCUT2D eigenvalue weighted by molar-refractivity contribution is 8.14. The fourth-order valence-corrected chi connectivity index (χ4v) is 4.32. The summed E-state index contributed by atoms with van der Waals surface area (Å²) in [5.74, 6) is 0.700. The van der Waals surface area contributed by atoms with Crippen LogP contribution in [0.15, 0.2) is 57.5 Å². The Morgan fingerprint density at radius 3 is 2.59 bits per heavy atom. The Morgan fingerprint density at radius 2 is 1.93 bits per heavy atom. The highest BCUT2D eigenvalue weighted by atomic mass is 32.2. The molecule has 27 heavy (non-hydrogen) atoms. The van der Waals surface area contributed by atoms with Gasteiger partial charge in [0.25, 0.3) is 0 Å². The minimum atomic E-state index is -3.48. The van der Waals surface area contributed by atoms with Gasteiger partial charge in [0, 0.05) is 25.4 Å². The normalized spacial score (nSPS) is 16.3. The maximum Gasteiger partial charge on any atom is 0.242 e. The lowest BCUT2D eigenvalue weighted by molar-refractivity contribution is 0.521. The summed E-state index contributed by atoms with van der Waals surface area (Å²) in [6.45, 7) is 4.14. The fraction of sp³-hybridized carbons (Fsp3) is 0.263. The van der Waals surface area contributed by atoms with Crippen LogP contribution in [0, 0.1) is 13.8 Å². The van der Waals surface area contributed by atoms with Crippen molar-refractivity contribution in [3.05, 3.63) is 59.2 Å². The van der Waals surface area contributed by atoms with E-state index in [-0.39, 0.29) is 4.90 Å². The highest BCUT2D eigenvalue weighted by Gasteiger charge is 2.18. The van der Waals surface area contributed by atoms with Crippen LogP contribution in [0.1, 0.15) is 16.7 Å². The number of sulfonamides is 1. The van der Waals surface area contributed by atoms with Crippen LogP contribution in [0.3, 0.4) is 0 Å². The summed E-state index contributed by atoms with van der Waals surface area (Å²) in [6.07, 6.45) is 0. The minimum Gasteiger partial charge on any atom is -0.255 e. The molecule has 0 saturated heterocycles. The molecule has 0 spiro atoms. The molecule has 0 aliphatic carbocycles. The van der Waals surface area contributed by atoms with Crippen molar-refractivity contribution in [2.45, 2.75) is 18.7 Å². The van der Waals surface area contributed by atoms with Crippen LogP contribution in [0.5, 0.6) is 0 Å². The zero-order chi connectivity index (χ0) is 19.6. The monoisotopic (exact) mass is 402 g/mol. The topological polar surface area (TPSA) is 74.1 Å². The van der Waals surface area contributed by atoms with Crippen LogP contribution in [0.25, 0.3) is 0 Å². The van der Waals surface area contributed by atoms with Crippen LogP contribution < -0.4 is 5.43 Å². The molecule has 8 heteroatoms. The molecular weight excluding hydrogens is 380 g/mol. The Hall–Kier alpha value is -2.16. The van der Waals surface area contributed by atoms with Gasteiger partial charge in [-0.3, -0.25) is 5.43 Å². The Kier molecular flexibility index (Phi) is 5.69. The number of rotatable bonds is 4. The van der Waals surface area contributed by atoms with Crippen LogP contribution in [0.2, 0.25) is 0 Å². The van der Waals surface area contributed by atoms with Crippen molar-refractivity contribution in [2.24, 2.45) is 10.1 Å². The van der Waals surface area contributed by atoms with Gasteiger partial charge in [0.2, 0.25) is 10.0 Å². The lowest BCUT2D eigenvalue weighted by atomic mass is 10.0. The van der Waals surface area contributed by atoms with Crippen LogP contribution >= 0.6 is 11.8 Å². The second kappa shape index (κ2) is 7.84. The number of hydrazone groups is 1. The second-order valence-electron chi connectivity index (χ2n) is 6.48. The molecular formula is C19H22N4O2S2. The number of thioether (sulfide) groups is 1. The zero-order valence-corrected chi connectivity index (χ0v) is 17.4. The number of amidine groups is 1. The second-order valence-corrected chi connectivity index (χ2v) is 9.59. The lowest BCUT2D eigenvalue weighted by Gasteiger charge is -2.17. The van der Waals surface area contributed by atoms with Crippen molar-refractivity contribution in [2.75, 3.05) is 19.8 Å². The van der Waals surface area contributed by atoms with E-state index >= 15 is 0 Å². The molecule has 142 valence electrons. The minimum absolute atomic E-state index is 0.217. The molecule has 0 radical (unpaired) electrons. The van der Waals surface area contributed by atoms with Crippen LogP contribution in [-0.2, 0) is 10.0 Å². The summed E-state index contributed by atoms with van der Waals surface area (Å²) in [5, 5.41) is 5.11. The molecule has 0 saturated carbocycles. The summed E-state index contributed by atoms with van der Waals surface area (Å²) in [7, 11) is -0.465. The van der Waals surface area contributed by atoms with E-state index in [2.05, 4.69) is 47.6 Å². The SMILES string of the molecule is Cc1ccc(C)c(C2=NNC(=Nc3cccc(S(=O)(=O)N(C)C)c3)SC2)c1. The van der Waals surface area contributed by atoms with Gasteiger partial charge in [-0.25, -0.2) is 17.7 Å². The van der Waals surface area contributed by atoms with Crippen molar-refractivity contribution in [1.29, 1.82) is 0 Å². The molecule has 3 rings (SSSR count). The van der Waals surface area contributed by atoms with Gasteiger partial charge in [-0.1, -0.05) is 35.5 Å². The van der Waals surface area contributed by atoms with E-state index < -0.39 is 10.0 Å². The lowest BCUT2D eigenvalue weighted by Crippen LogP contribution is -2.25. The first kappa shape index (κ1) is 19.6. The summed E-state index contributed by atoms with van der Waals surface area (Å²) < 4.78 is 25.7. The molecule has 2 aromatic carbocycles. The summed E-state index contributed by atoms with van der Waals surface area (Å²) >= 11 is 1.54. The number of nitrogens with zero attached hydrogens (tertiary/aromatic N) is 3. The van der Waals surface area contributed by atoms with E-state index in [1.165, 1.54) is 29.5 Å². The summed E-state index contributed by atoms with van der Waals surface area (Å²) in [4.78, 5) is 4.72. The maximum absolute atomic E-state index is 12.3. The molecule has 0 unspecified atom stereocenters. The first-order valence-corrected chi connectivity index (χ1v) is 10.8. The number of hydrogen-bond acceptors (Lipinski definition) is 5.